The molecule has 0 radical (unpaired) electrons. The van der Waals surface area contributed by atoms with E-state index in [0.29, 0.717) is 22.1 Å². The number of amides is 1. The van der Waals surface area contributed by atoms with E-state index in [1.807, 2.05) is 50.2 Å². The fourth-order valence-corrected chi connectivity index (χ4v) is 3.33. The van der Waals surface area contributed by atoms with Crippen LogP contribution in [0.1, 0.15) is 22.3 Å². The molecule has 3 aromatic rings. The van der Waals surface area contributed by atoms with Crippen LogP contribution < -0.4 is 10.5 Å². The molecule has 0 aliphatic rings. The Hall–Kier alpha value is -3.29. The summed E-state index contributed by atoms with van der Waals surface area (Å²) in [6.07, 6.45) is 0.156. The number of rotatable bonds is 5. The van der Waals surface area contributed by atoms with Gasteiger partial charge in [0, 0.05) is 0 Å². The van der Waals surface area contributed by atoms with Gasteiger partial charge in [-0.25, -0.2) is 0 Å². The molecule has 2 N–H and O–H groups in total. The molecule has 5 heteroatoms. The van der Waals surface area contributed by atoms with Gasteiger partial charge >= 0.3 is 0 Å². The van der Waals surface area contributed by atoms with Crippen molar-refractivity contribution in [2.45, 2.75) is 20.3 Å². The number of benzene rings is 3. The maximum Gasteiger partial charge on any atom is 0.221 e. The number of nitrogens with zero attached hydrogens (tertiary/aromatic N) is 1. The van der Waals surface area contributed by atoms with E-state index in [1.165, 1.54) is 0 Å². The first-order valence-electron chi connectivity index (χ1n) is 8.74. The molecule has 0 spiro atoms. The number of carbonyl (C=O) groups excluding carboxylic acids is 1. The Labute approximate surface area is 169 Å². The van der Waals surface area contributed by atoms with Crippen LogP contribution in [-0.2, 0) is 11.2 Å². The van der Waals surface area contributed by atoms with Gasteiger partial charge in [-0.1, -0.05) is 41.9 Å². The van der Waals surface area contributed by atoms with Crippen molar-refractivity contribution in [2.75, 3.05) is 0 Å². The van der Waals surface area contributed by atoms with E-state index in [9.17, 15) is 4.79 Å². The zero-order valence-electron chi connectivity index (χ0n) is 15.6. The maximum atomic E-state index is 11.4. The van der Waals surface area contributed by atoms with Crippen LogP contribution in [0.4, 0.5) is 0 Å². The van der Waals surface area contributed by atoms with Crippen LogP contribution in [0.15, 0.2) is 54.6 Å². The van der Waals surface area contributed by atoms with Crippen LogP contribution in [0.2, 0.25) is 5.02 Å². The van der Waals surface area contributed by atoms with Crippen LogP contribution in [0.5, 0.6) is 11.5 Å². The van der Waals surface area contributed by atoms with Gasteiger partial charge in [0.05, 0.1) is 23.1 Å². The molecule has 0 fully saturated rings. The van der Waals surface area contributed by atoms with E-state index in [4.69, 9.17) is 27.3 Å². The van der Waals surface area contributed by atoms with Crippen molar-refractivity contribution in [3.63, 3.8) is 0 Å². The van der Waals surface area contributed by atoms with E-state index in [2.05, 4.69) is 6.07 Å². The third-order valence-corrected chi connectivity index (χ3v) is 4.74. The zero-order valence-corrected chi connectivity index (χ0v) is 16.4. The van der Waals surface area contributed by atoms with Crippen molar-refractivity contribution in [1.29, 1.82) is 5.26 Å². The summed E-state index contributed by atoms with van der Waals surface area (Å²) in [4.78, 5) is 11.4. The third-order valence-electron chi connectivity index (χ3n) is 4.43. The fourth-order valence-electron chi connectivity index (χ4n) is 3.18. The van der Waals surface area contributed by atoms with Crippen LogP contribution >= 0.6 is 11.6 Å². The van der Waals surface area contributed by atoms with Gasteiger partial charge in [0.2, 0.25) is 5.91 Å². The van der Waals surface area contributed by atoms with Crippen LogP contribution in [0, 0.1) is 25.2 Å². The van der Waals surface area contributed by atoms with Gasteiger partial charge in [0.15, 0.2) is 0 Å². The summed E-state index contributed by atoms with van der Waals surface area (Å²) in [5.74, 6) is 0.786. The summed E-state index contributed by atoms with van der Waals surface area (Å²) >= 11 is 6.37. The zero-order chi connectivity index (χ0) is 20.3. The van der Waals surface area contributed by atoms with E-state index < -0.39 is 0 Å². The molecule has 4 nitrogen and oxygen atoms in total. The van der Waals surface area contributed by atoms with Crippen molar-refractivity contribution >= 4 is 17.5 Å². The molecular weight excluding hydrogens is 372 g/mol. The van der Waals surface area contributed by atoms with Crippen molar-refractivity contribution in [2.24, 2.45) is 5.73 Å². The number of nitrogens with two attached hydrogens (primary N) is 1. The lowest BCUT2D eigenvalue weighted by molar-refractivity contribution is -0.117. The summed E-state index contributed by atoms with van der Waals surface area (Å²) in [7, 11) is 0. The van der Waals surface area contributed by atoms with Crippen molar-refractivity contribution in [3.05, 3.63) is 81.9 Å². The molecule has 0 bridgehead atoms. The lowest BCUT2D eigenvalue weighted by atomic mass is 9.97. The Morgan fingerprint density at radius 2 is 1.79 bits per heavy atom. The lowest BCUT2D eigenvalue weighted by Gasteiger charge is -2.15. The summed E-state index contributed by atoms with van der Waals surface area (Å²) in [6.45, 7) is 3.78. The molecule has 0 saturated carbocycles. The Bertz CT molecular complexity index is 1080. The lowest BCUT2D eigenvalue weighted by Crippen LogP contribution is -2.14. The molecule has 0 heterocycles. The fraction of sp³-hybridized carbons (Fsp3) is 0.130. The maximum absolute atomic E-state index is 11.4. The minimum Gasteiger partial charge on any atom is -0.455 e. The van der Waals surface area contributed by atoms with Crippen LogP contribution in [0.3, 0.4) is 0 Å². The minimum absolute atomic E-state index is 0.156. The summed E-state index contributed by atoms with van der Waals surface area (Å²) in [5, 5.41) is 9.59. The molecule has 0 saturated heterocycles. The number of primary amides is 1. The number of halogens is 1. The molecule has 1 amide bonds. The summed E-state index contributed by atoms with van der Waals surface area (Å²) in [6, 6.07) is 18.8. The molecule has 0 aliphatic carbocycles. The highest BCUT2D eigenvalue weighted by atomic mass is 35.5. The first-order chi connectivity index (χ1) is 13.4. The second-order valence-corrected chi connectivity index (χ2v) is 7.01. The molecule has 0 aromatic heterocycles. The number of hydrogen-bond donors (Lipinski definition) is 1. The predicted octanol–water partition coefficient (Wildman–Crippen LogP) is 5.32. The average Bonchev–Trinajstić information content (AvgIpc) is 2.66. The highest BCUT2D eigenvalue weighted by Crippen LogP contribution is 2.37. The first-order valence-corrected chi connectivity index (χ1v) is 9.12. The molecule has 28 heavy (non-hydrogen) atoms. The van der Waals surface area contributed by atoms with Gasteiger partial charge in [0.25, 0.3) is 0 Å². The van der Waals surface area contributed by atoms with Crippen molar-refractivity contribution in [3.8, 4) is 28.7 Å². The summed E-state index contributed by atoms with van der Waals surface area (Å²) < 4.78 is 6.12. The largest absolute Gasteiger partial charge is 0.455 e. The molecule has 0 unspecified atom stereocenters. The van der Waals surface area contributed by atoms with Crippen molar-refractivity contribution < 1.29 is 9.53 Å². The van der Waals surface area contributed by atoms with Crippen LogP contribution in [-0.4, -0.2) is 5.91 Å². The number of carbonyl (C=O) groups is 1. The standard InChI is InChI=1S/C23H19ClN2O2/c1-14-9-16(13-25)10-15(2)23(14)28-21-11-18(7-8-20(21)24)19-6-4-3-5-17(19)12-22(26)27/h3-11H,12H2,1-2H3,(H2,26,27). The van der Waals surface area contributed by atoms with Crippen molar-refractivity contribution in [1.82, 2.24) is 0 Å². The Morgan fingerprint density at radius 3 is 2.43 bits per heavy atom. The first kappa shape index (κ1) is 19.5. The van der Waals surface area contributed by atoms with Gasteiger partial charge in [-0.3, -0.25) is 4.79 Å². The number of hydrogen-bond acceptors (Lipinski definition) is 3. The van der Waals surface area contributed by atoms with Gasteiger partial charge in [0.1, 0.15) is 11.5 Å². The second kappa shape index (κ2) is 8.16. The molecular formula is C23H19ClN2O2. The van der Waals surface area contributed by atoms with Gasteiger partial charge in [-0.05, 0) is 65.9 Å². The Kier molecular flexibility index (Phi) is 5.67. The molecule has 140 valence electrons. The average molecular weight is 391 g/mol. The van der Waals surface area contributed by atoms with Gasteiger partial charge in [-0.2, -0.15) is 5.26 Å². The number of aryl methyl sites for hydroxylation is 2. The molecule has 3 rings (SSSR count). The van der Waals surface area contributed by atoms with Crippen LogP contribution in [0.25, 0.3) is 11.1 Å². The van der Waals surface area contributed by atoms with E-state index >= 15 is 0 Å². The summed E-state index contributed by atoms with van der Waals surface area (Å²) in [5.41, 5.74) is 10.3. The smallest absolute Gasteiger partial charge is 0.221 e. The minimum atomic E-state index is -0.387. The van der Waals surface area contributed by atoms with Gasteiger partial charge in [-0.15, -0.1) is 0 Å². The quantitative estimate of drug-likeness (QED) is 0.640. The highest BCUT2D eigenvalue weighted by Gasteiger charge is 2.13. The topological polar surface area (TPSA) is 76.1 Å². The number of nitriles is 1. The molecule has 0 aliphatic heterocycles. The normalized spacial score (nSPS) is 10.4. The third kappa shape index (κ3) is 4.16. The molecule has 3 aromatic carbocycles. The monoisotopic (exact) mass is 390 g/mol. The Balaban J connectivity index is 2.03. The van der Waals surface area contributed by atoms with Gasteiger partial charge < -0.3 is 10.5 Å². The Morgan fingerprint density at radius 1 is 1.11 bits per heavy atom. The van der Waals surface area contributed by atoms with E-state index in [0.717, 1.165) is 27.8 Å². The number of ether oxygens (including phenoxy) is 1. The second-order valence-electron chi connectivity index (χ2n) is 6.60. The SMILES string of the molecule is Cc1cc(C#N)cc(C)c1Oc1cc(-c2ccccc2CC(N)=O)ccc1Cl. The highest BCUT2D eigenvalue weighted by molar-refractivity contribution is 6.32. The van der Waals surface area contributed by atoms with E-state index in [-0.39, 0.29) is 12.3 Å². The molecule has 0 atom stereocenters. The van der Waals surface area contributed by atoms with E-state index in [1.54, 1.807) is 18.2 Å². The predicted molar refractivity (Wildman–Crippen MR) is 110 cm³/mol.